The largest absolute Gasteiger partial charge is 0.293 e. The van der Waals surface area contributed by atoms with Gasteiger partial charge in [-0.05, 0) is 18.3 Å². The lowest BCUT2D eigenvalue weighted by atomic mass is 9.79. The standard InChI is InChI=1S/C9H13ClFN/c1-5-4-12-9-3-8(11)7(10)2-6(5)9/h4-9H,2-3H2,1H3. The van der Waals surface area contributed by atoms with E-state index in [1.165, 1.54) is 0 Å². The van der Waals surface area contributed by atoms with Gasteiger partial charge < -0.3 is 0 Å². The molecule has 1 saturated carbocycles. The highest BCUT2D eigenvalue weighted by Gasteiger charge is 2.40. The molecule has 0 radical (unpaired) electrons. The molecule has 0 aromatic heterocycles. The minimum atomic E-state index is -0.852. The SMILES string of the molecule is CC1C=NC2CC(F)C(Cl)CC12. The summed E-state index contributed by atoms with van der Waals surface area (Å²) < 4.78 is 13.1. The van der Waals surface area contributed by atoms with Crippen LogP contribution in [0.25, 0.3) is 0 Å². The Labute approximate surface area is 77.0 Å². The normalized spacial score (nSPS) is 52.4. The maximum absolute atomic E-state index is 13.1. The highest BCUT2D eigenvalue weighted by molar-refractivity contribution is 6.21. The molecule has 68 valence electrons. The van der Waals surface area contributed by atoms with E-state index in [9.17, 15) is 4.39 Å². The Hall–Kier alpha value is -0.110. The highest BCUT2D eigenvalue weighted by atomic mass is 35.5. The average Bonchev–Trinajstić information content (AvgIpc) is 2.35. The van der Waals surface area contributed by atoms with Crippen LogP contribution in [0, 0.1) is 11.8 Å². The van der Waals surface area contributed by atoms with Gasteiger partial charge in [-0.3, -0.25) is 4.99 Å². The van der Waals surface area contributed by atoms with Gasteiger partial charge in [0, 0.05) is 12.6 Å². The van der Waals surface area contributed by atoms with Crippen LogP contribution in [0.15, 0.2) is 4.99 Å². The Morgan fingerprint density at radius 3 is 3.00 bits per heavy atom. The summed E-state index contributed by atoms with van der Waals surface area (Å²) in [4.78, 5) is 4.30. The van der Waals surface area contributed by atoms with Gasteiger partial charge in [0.2, 0.25) is 0 Å². The molecule has 12 heavy (non-hydrogen) atoms. The molecule has 0 N–H and O–H groups in total. The van der Waals surface area contributed by atoms with Gasteiger partial charge in [-0.25, -0.2) is 4.39 Å². The van der Waals surface area contributed by atoms with E-state index in [0.717, 1.165) is 6.42 Å². The van der Waals surface area contributed by atoms with Gasteiger partial charge in [-0.1, -0.05) is 6.92 Å². The summed E-state index contributed by atoms with van der Waals surface area (Å²) in [6.45, 7) is 2.14. The lowest BCUT2D eigenvalue weighted by molar-refractivity contribution is 0.184. The molecule has 5 atom stereocenters. The third-order valence-electron chi connectivity index (χ3n) is 3.04. The van der Waals surface area contributed by atoms with Crippen molar-refractivity contribution < 1.29 is 4.39 Å². The number of hydrogen-bond donors (Lipinski definition) is 0. The summed E-state index contributed by atoms with van der Waals surface area (Å²) >= 11 is 5.87. The maximum atomic E-state index is 13.1. The molecule has 0 aromatic rings. The fraction of sp³-hybridized carbons (Fsp3) is 0.889. The minimum absolute atomic E-state index is 0.213. The van der Waals surface area contributed by atoms with Gasteiger partial charge >= 0.3 is 0 Å². The van der Waals surface area contributed by atoms with Crippen molar-refractivity contribution >= 4 is 17.8 Å². The molecule has 1 nitrogen and oxygen atoms in total. The third kappa shape index (κ3) is 1.26. The molecule has 5 unspecified atom stereocenters. The summed E-state index contributed by atoms with van der Waals surface area (Å²) in [5, 5.41) is -0.282. The molecule has 1 aliphatic carbocycles. The van der Waals surface area contributed by atoms with E-state index < -0.39 is 6.17 Å². The molecule has 3 heteroatoms. The Morgan fingerprint density at radius 1 is 1.50 bits per heavy atom. The van der Waals surface area contributed by atoms with E-state index in [1.54, 1.807) is 0 Å². The Kier molecular flexibility index (Phi) is 2.11. The van der Waals surface area contributed by atoms with Gasteiger partial charge in [0.15, 0.2) is 0 Å². The van der Waals surface area contributed by atoms with Crippen LogP contribution < -0.4 is 0 Å². The highest BCUT2D eigenvalue weighted by Crippen LogP contribution is 2.38. The van der Waals surface area contributed by atoms with Crippen LogP contribution in [0.5, 0.6) is 0 Å². The minimum Gasteiger partial charge on any atom is -0.293 e. The van der Waals surface area contributed by atoms with Crippen LogP contribution in [-0.2, 0) is 0 Å². The van der Waals surface area contributed by atoms with Crippen LogP contribution in [0.1, 0.15) is 19.8 Å². The monoisotopic (exact) mass is 189 g/mol. The lowest BCUT2D eigenvalue weighted by Gasteiger charge is -2.32. The molecule has 2 aliphatic rings. The van der Waals surface area contributed by atoms with Crippen LogP contribution in [0.3, 0.4) is 0 Å². The lowest BCUT2D eigenvalue weighted by Crippen LogP contribution is -2.36. The van der Waals surface area contributed by atoms with E-state index in [0.29, 0.717) is 18.3 Å². The second kappa shape index (κ2) is 2.99. The van der Waals surface area contributed by atoms with Gasteiger partial charge in [-0.2, -0.15) is 0 Å². The first-order valence-electron chi connectivity index (χ1n) is 4.50. The Morgan fingerprint density at radius 2 is 2.25 bits per heavy atom. The first-order chi connectivity index (χ1) is 5.68. The number of hydrogen-bond acceptors (Lipinski definition) is 1. The number of halogens is 2. The summed E-state index contributed by atoms with van der Waals surface area (Å²) in [6, 6.07) is 0.213. The number of nitrogens with zero attached hydrogens (tertiary/aromatic N) is 1. The summed E-state index contributed by atoms with van der Waals surface area (Å²) in [5.74, 6) is 0.989. The predicted octanol–water partition coefficient (Wildman–Crippen LogP) is 2.43. The second-order valence-corrected chi connectivity index (χ2v) is 4.45. The van der Waals surface area contributed by atoms with E-state index in [4.69, 9.17) is 11.6 Å². The van der Waals surface area contributed by atoms with Gasteiger partial charge in [0.05, 0.1) is 11.4 Å². The fourth-order valence-corrected chi connectivity index (χ4v) is 2.52. The molecule has 1 fully saturated rings. The van der Waals surface area contributed by atoms with E-state index >= 15 is 0 Å². The zero-order chi connectivity index (χ0) is 8.72. The maximum Gasteiger partial charge on any atom is 0.118 e. The van der Waals surface area contributed by atoms with E-state index in [2.05, 4.69) is 11.9 Å². The molecule has 0 amide bonds. The number of rotatable bonds is 0. The molecule has 2 rings (SSSR count). The van der Waals surface area contributed by atoms with Crippen molar-refractivity contribution in [3.63, 3.8) is 0 Å². The first-order valence-corrected chi connectivity index (χ1v) is 4.93. The van der Waals surface area contributed by atoms with Gasteiger partial charge in [0.25, 0.3) is 0 Å². The van der Waals surface area contributed by atoms with E-state index in [-0.39, 0.29) is 11.4 Å². The van der Waals surface area contributed by atoms with E-state index in [1.807, 2.05) is 6.21 Å². The second-order valence-electron chi connectivity index (χ2n) is 3.89. The van der Waals surface area contributed by atoms with Crippen LogP contribution >= 0.6 is 11.6 Å². The molecule has 0 spiro atoms. The summed E-state index contributed by atoms with van der Waals surface area (Å²) in [5.41, 5.74) is 0. The van der Waals surface area contributed by atoms with Crippen molar-refractivity contribution in [2.75, 3.05) is 0 Å². The topological polar surface area (TPSA) is 12.4 Å². The van der Waals surface area contributed by atoms with Crippen LogP contribution in [0.2, 0.25) is 0 Å². The van der Waals surface area contributed by atoms with Crippen molar-refractivity contribution in [2.45, 2.75) is 37.4 Å². The average molecular weight is 190 g/mol. The zero-order valence-corrected chi connectivity index (χ0v) is 7.84. The summed E-state index contributed by atoms with van der Waals surface area (Å²) in [6.07, 6.45) is 2.42. The molecule has 1 heterocycles. The number of fused-ring (bicyclic) bond motifs is 1. The molecular formula is C9H13ClFN. The van der Waals surface area contributed by atoms with Crippen molar-refractivity contribution in [1.82, 2.24) is 0 Å². The predicted molar refractivity (Wildman–Crippen MR) is 48.7 cm³/mol. The van der Waals surface area contributed by atoms with Crippen molar-refractivity contribution in [3.8, 4) is 0 Å². The van der Waals surface area contributed by atoms with Crippen LogP contribution in [0.4, 0.5) is 4.39 Å². The first kappa shape index (κ1) is 8.49. The Balaban J connectivity index is 2.08. The quantitative estimate of drug-likeness (QED) is 0.519. The van der Waals surface area contributed by atoms with Crippen molar-refractivity contribution in [1.29, 1.82) is 0 Å². The fourth-order valence-electron chi connectivity index (χ4n) is 2.21. The Bertz CT molecular complexity index is 207. The van der Waals surface area contributed by atoms with Crippen LogP contribution in [-0.4, -0.2) is 23.8 Å². The van der Waals surface area contributed by atoms with Gasteiger partial charge in [-0.15, -0.1) is 11.6 Å². The zero-order valence-electron chi connectivity index (χ0n) is 7.08. The van der Waals surface area contributed by atoms with Crippen molar-refractivity contribution in [2.24, 2.45) is 16.8 Å². The van der Waals surface area contributed by atoms with Gasteiger partial charge in [0.1, 0.15) is 6.17 Å². The molecular weight excluding hydrogens is 177 g/mol. The summed E-state index contributed by atoms with van der Waals surface area (Å²) in [7, 11) is 0. The number of alkyl halides is 2. The third-order valence-corrected chi connectivity index (χ3v) is 3.49. The number of aliphatic imine (C=N–C) groups is 1. The molecule has 0 saturated heterocycles. The molecule has 0 bridgehead atoms. The molecule has 0 aromatic carbocycles. The van der Waals surface area contributed by atoms with Crippen molar-refractivity contribution in [3.05, 3.63) is 0 Å². The molecule has 1 aliphatic heterocycles. The smallest absolute Gasteiger partial charge is 0.118 e.